The van der Waals surface area contributed by atoms with Gasteiger partial charge >= 0.3 is 0 Å². The maximum Gasteiger partial charge on any atom is 0.157 e. The summed E-state index contributed by atoms with van der Waals surface area (Å²) in [6.07, 6.45) is 0. The van der Waals surface area contributed by atoms with Crippen LogP contribution in [0.5, 0.6) is 0 Å². The lowest BCUT2D eigenvalue weighted by molar-refractivity contribution is 0.797. The maximum atomic E-state index is 4.46. The van der Waals surface area contributed by atoms with Crippen molar-refractivity contribution in [3.05, 3.63) is 63.8 Å². The summed E-state index contributed by atoms with van der Waals surface area (Å²) in [5, 5.41) is 18.0. The Morgan fingerprint density at radius 1 is 0.962 bits per heavy atom. The van der Waals surface area contributed by atoms with Gasteiger partial charge in [-0.2, -0.15) is 5.10 Å². The van der Waals surface area contributed by atoms with Crippen LogP contribution in [0, 0.1) is 27.7 Å². The Bertz CT molecular complexity index is 947. The van der Waals surface area contributed by atoms with Gasteiger partial charge in [-0.05, 0) is 81.6 Å². The van der Waals surface area contributed by atoms with Crippen LogP contribution in [0.15, 0.2) is 30.3 Å². The quantitative estimate of drug-likeness (QED) is 0.698. The summed E-state index contributed by atoms with van der Waals surface area (Å²) in [7, 11) is 1.98. The van der Waals surface area contributed by atoms with Gasteiger partial charge in [0.2, 0.25) is 0 Å². The molecule has 0 aliphatic carbocycles. The molecule has 136 valence electrons. The highest BCUT2D eigenvalue weighted by atomic mass is 15.2. The van der Waals surface area contributed by atoms with Crippen LogP contribution in [0.25, 0.3) is 10.8 Å². The van der Waals surface area contributed by atoms with Crippen molar-refractivity contribution >= 4 is 16.6 Å². The molecular formula is C22H28N4. The SMILES string of the molecule is CNCc1cccc([C@@H](C)Nc2nnc(C)c3cc(C)c(C)cc23)c1C. The minimum absolute atomic E-state index is 0.147. The van der Waals surface area contributed by atoms with E-state index >= 15 is 0 Å². The van der Waals surface area contributed by atoms with E-state index in [1.165, 1.54) is 33.2 Å². The number of nitrogens with one attached hydrogen (secondary N) is 2. The second-order valence-corrected chi connectivity index (χ2v) is 7.14. The molecule has 1 heterocycles. The molecule has 26 heavy (non-hydrogen) atoms. The third-order valence-electron chi connectivity index (χ3n) is 5.25. The largest absolute Gasteiger partial charge is 0.362 e. The van der Waals surface area contributed by atoms with E-state index in [0.717, 1.165) is 23.4 Å². The molecule has 4 heteroatoms. The van der Waals surface area contributed by atoms with Gasteiger partial charge < -0.3 is 10.6 Å². The molecule has 0 aliphatic heterocycles. The molecule has 0 unspecified atom stereocenters. The summed E-state index contributed by atoms with van der Waals surface area (Å²) in [5.41, 5.74) is 7.45. The van der Waals surface area contributed by atoms with Crippen LogP contribution in [-0.2, 0) is 6.54 Å². The van der Waals surface area contributed by atoms with Gasteiger partial charge in [0.05, 0.1) is 11.7 Å². The third-order valence-corrected chi connectivity index (χ3v) is 5.25. The molecule has 1 atom stereocenters. The lowest BCUT2D eigenvalue weighted by Crippen LogP contribution is -2.13. The van der Waals surface area contributed by atoms with Gasteiger partial charge in [-0.25, -0.2) is 0 Å². The average Bonchev–Trinajstić information content (AvgIpc) is 2.61. The van der Waals surface area contributed by atoms with Crippen LogP contribution in [0.3, 0.4) is 0 Å². The Kier molecular flexibility index (Phi) is 5.23. The van der Waals surface area contributed by atoms with Crippen molar-refractivity contribution in [2.24, 2.45) is 0 Å². The van der Waals surface area contributed by atoms with Gasteiger partial charge in [-0.15, -0.1) is 5.10 Å². The molecule has 0 bridgehead atoms. The predicted octanol–water partition coefficient (Wildman–Crippen LogP) is 4.76. The number of hydrogen-bond donors (Lipinski definition) is 2. The summed E-state index contributed by atoms with van der Waals surface area (Å²) in [5.74, 6) is 0.847. The van der Waals surface area contributed by atoms with Crippen LogP contribution >= 0.6 is 0 Å². The van der Waals surface area contributed by atoms with Crippen LogP contribution in [-0.4, -0.2) is 17.2 Å². The lowest BCUT2D eigenvalue weighted by atomic mass is 9.97. The van der Waals surface area contributed by atoms with Crippen LogP contribution < -0.4 is 10.6 Å². The number of anilines is 1. The summed E-state index contributed by atoms with van der Waals surface area (Å²) in [4.78, 5) is 0. The van der Waals surface area contributed by atoms with Gasteiger partial charge in [0.25, 0.3) is 0 Å². The standard InChI is InChI=1S/C22H28N4/c1-13-10-20-17(5)25-26-22(21(20)11-14(13)2)24-16(4)19-9-7-8-18(12-23-6)15(19)3/h7-11,16,23H,12H2,1-6H3,(H,24,26)/t16-/m1/s1. The summed E-state index contributed by atoms with van der Waals surface area (Å²) in [6, 6.07) is 11.1. The Morgan fingerprint density at radius 2 is 1.65 bits per heavy atom. The molecule has 0 amide bonds. The summed E-state index contributed by atoms with van der Waals surface area (Å²) in [6.45, 7) is 11.5. The minimum Gasteiger partial charge on any atom is -0.362 e. The van der Waals surface area contributed by atoms with Crippen LogP contribution in [0.4, 0.5) is 5.82 Å². The Balaban J connectivity index is 2.00. The van der Waals surface area contributed by atoms with Crippen molar-refractivity contribution in [2.75, 3.05) is 12.4 Å². The number of aromatic nitrogens is 2. The van der Waals surface area contributed by atoms with Crippen molar-refractivity contribution in [2.45, 2.75) is 47.2 Å². The first-order valence-electron chi connectivity index (χ1n) is 9.16. The highest BCUT2D eigenvalue weighted by Crippen LogP contribution is 2.30. The van der Waals surface area contributed by atoms with E-state index < -0.39 is 0 Å². The Morgan fingerprint density at radius 3 is 2.35 bits per heavy atom. The molecular weight excluding hydrogens is 320 g/mol. The molecule has 2 N–H and O–H groups in total. The van der Waals surface area contributed by atoms with Gasteiger partial charge in [-0.3, -0.25) is 0 Å². The number of hydrogen-bond acceptors (Lipinski definition) is 4. The zero-order valence-electron chi connectivity index (χ0n) is 16.6. The number of fused-ring (bicyclic) bond motifs is 1. The van der Waals surface area contributed by atoms with E-state index in [9.17, 15) is 0 Å². The van der Waals surface area contributed by atoms with Gasteiger partial charge in [0, 0.05) is 17.3 Å². The number of nitrogens with zero attached hydrogens (tertiary/aromatic N) is 2. The van der Waals surface area contributed by atoms with Crippen molar-refractivity contribution in [3.63, 3.8) is 0 Å². The zero-order valence-corrected chi connectivity index (χ0v) is 16.6. The van der Waals surface area contributed by atoms with E-state index in [4.69, 9.17) is 0 Å². The third kappa shape index (κ3) is 3.42. The predicted molar refractivity (Wildman–Crippen MR) is 110 cm³/mol. The molecule has 3 aromatic rings. The number of benzene rings is 2. The molecule has 0 radical (unpaired) electrons. The normalized spacial score (nSPS) is 12.4. The van der Waals surface area contributed by atoms with E-state index in [-0.39, 0.29) is 6.04 Å². The Hall–Kier alpha value is -2.46. The van der Waals surface area contributed by atoms with Crippen molar-refractivity contribution in [1.82, 2.24) is 15.5 Å². The molecule has 4 nitrogen and oxygen atoms in total. The molecule has 2 aromatic carbocycles. The second kappa shape index (κ2) is 7.42. The average molecular weight is 348 g/mol. The fourth-order valence-electron chi connectivity index (χ4n) is 3.49. The molecule has 3 rings (SSSR count). The monoisotopic (exact) mass is 348 g/mol. The van der Waals surface area contributed by atoms with Gasteiger partial charge in [0.1, 0.15) is 0 Å². The first kappa shape index (κ1) is 18.3. The topological polar surface area (TPSA) is 49.8 Å². The lowest BCUT2D eigenvalue weighted by Gasteiger charge is -2.20. The molecule has 0 spiro atoms. The zero-order chi connectivity index (χ0) is 18.8. The summed E-state index contributed by atoms with van der Waals surface area (Å²) < 4.78 is 0. The van der Waals surface area contributed by atoms with Gasteiger partial charge in [-0.1, -0.05) is 18.2 Å². The first-order chi connectivity index (χ1) is 12.4. The van der Waals surface area contributed by atoms with E-state index in [2.05, 4.69) is 78.9 Å². The van der Waals surface area contributed by atoms with Crippen LogP contribution in [0.1, 0.15) is 46.5 Å². The highest BCUT2D eigenvalue weighted by molar-refractivity contribution is 5.94. The fourth-order valence-corrected chi connectivity index (χ4v) is 3.49. The van der Waals surface area contributed by atoms with E-state index in [1.807, 2.05) is 14.0 Å². The van der Waals surface area contributed by atoms with Crippen molar-refractivity contribution in [3.8, 4) is 0 Å². The second-order valence-electron chi connectivity index (χ2n) is 7.14. The molecule has 0 aliphatic rings. The van der Waals surface area contributed by atoms with Crippen LogP contribution in [0.2, 0.25) is 0 Å². The van der Waals surface area contributed by atoms with E-state index in [0.29, 0.717) is 0 Å². The fraction of sp³-hybridized carbons (Fsp3) is 0.364. The molecule has 0 fully saturated rings. The smallest absolute Gasteiger partial charge is 0.157 e. The summed E-state index contributed by atoms with van der Waals surface area (Å²) >= 11 is 0. The van der Waals surface area contributed by atoms with E-state index in [1.54, 1.807) is 0 Å². The first-order valence-corrected chi connectivity index (χ1v) is 9.16. The molecule has 0 saturated heterocycles. The van der Waals surface area contributed by atoms with Gasteiger partial charge in [0.15, 0.2) is 5.82 Å². The molecule has 1 aromatic heterocycles. The Labute approximate surface area is 156 Å². The highest BCUT2D eigenvalue weighted by Gasteiger charge is 2.14. The molecule has 0 saturated carbocycles. The number of rotatable bonds is 5. The maximum absolute atomic E-state index is 4.46. The van der Waals surface area contributed by atoms with Crippen molar-refractivity contribution < 1.29 is 0 Å². The number of aryl methyl sites for hydroxylation is 3. The van der Waals surface area contributed by atoms with Crippen molar-refractivity contribution in [1.29, 1.82) is 0 Å². The minimum atomic E-state index is 0.147.